The average Bonchev–Trinajstić information content (AvgIpc) is 3.07. The maximum atomic E-state index is 13.0. The van der Waals surface area contributed by atoms with Crippen LogP contribution in [0.2, 0.25) is 0 Å². The monoisotopic (exact) mass is 369 g/mol. The Morgan fingerprint density at radius 3 is 2.70 bits per heavy atom. The minimum atomic E-state index is -0.279. The van der Waals surface area contributed by atoms with E-state index in [1.165, 1.54) is 12.1 Å². The number of nitrogens with zero attached hydrogens (tertiary/aromatic N) is 2. The first-order chi connectivity index (χ1) is 13.1. The van der Waals surface area contributed by atoms with Crippen LogP contribution < -0.4 is 5.32 Å². The molecule has 5 nitrogen and oxygen atoms in total. The number of pyridine rings is 1. The van der Waals surface area contributed by atoms with E-state index in [-0.39, 0.29) is 23.4 Å². The van der Waals surface area contributed by atoms with E-state index in [1.807, 2.05) is 23.1 Å². The third kappa shape index (κ3) is 4.27. The molecular weight excluding hydrogens is 345 g/mol. The molecule has 2 aromatic rings. The Morgan fingerprint density at radius 2 is 2.00 bits per heavy atom. The fourth-order valence-corrected chi connectivity index (χ4v) is 4.00. The predicted molar refractivity (Wildman–Crippen MR) is 101 cm³/mol. The zero-order valence-electron chi connectivity index (χ0n) is 15.2. The fourth-order valence-electron chi connectivity index (χ4n) is 4.00. The normalized spacial score (nSPS) is 21.4. The molecule has 2 fully saturated rings. The molecule has 1 aromatic carbocycles. The van der Waals surface area contributed by atoms with Crippen LogP contribution >= 0.6 is 0 Å². The van der Waals surface area contributed by atoms with Gasteiger partial charge in [-0.05, 0) is 49.1 Å². The molecule has 3 heterocycles. The van der Waals surface area contributed by atoms with Crippen molar-refractivity contribution < 1.29 is 13.9 Å². The summed E-state index contributed by atoms with van der Waals surface area (Å²) in [7, 11) is 0. The molecule has 2 aliphatic rings. The second-order valence-corrected chi connectivity index (χ2v) is 7.44. The molecule has 0 bridgehead atoms. The number of ether oxygens (including phenoxy) is 1. The number of aromatic nitrogens is 1. The first-order valence-electron chi connectivity index (χ1n) is 9.46. The van der Waals surface area contributed by atoms with Gasteiger partial charge in [-0.3, -0.25) is 4.79 Å². The molecule has 6 heteroatoms. The standard InChI is InChI=1S/C21H24FN3O2/c22-17-6-4-16(5-7-17)13-20(26)25-11-8-21(9-12-25)14-18(15-27-21)24-19-3-1-2-10-23-19/h1-7,10,18H,8-9,11-15H2,(H,23,24)/t18-/m0/s1. The van der Waals surface area contributed by atoms with Crippen LogP contribution in [-0.4, -0.2) is 47.1 Å². The van der Waals surface area contributed by atoms with Crippen LogP contribution in [0.4, 0.5) is 10.2 Å². The van der Waals surface area contributed by atoms with Gasteiger partial charge in [-0.15, -0.1) is 0 Å². The van der Waals surface area contributed by atoms with Crippen LogP contribution in [0.3, 0.4) is 0 Å². The van der Waals surface area contributed by atoms with Crippen LogP contribution in [0.1, 0.15) is 24.8 Å². The quantitative estimate of drug-likeness (QED) is 0.900. The number of nitrogens with one attached hydrogen (secondary N) is 1. The van der Waals surface area contributed by atoms with E-state index in [9.17, 15) is 9.18 Å². The molecule has 0 saturated carbocycles. The van der Waals surface area contributed by atoms with E-state index < -0.39 is 0 Å². The van der Waals surface area contributed by atoms with Crippen LogP contribution in [-0.2, 0) is 16.0 Å². The van der Waals surface area contributed by atoms with Gasteiger partial charge in [0.2, 0.25) is 5.91 Å². The van der Waals surface area contributed by atoms with Crippen molar-refractivity contribution >= 4 is 11.7 Å². The molecule has 1 spiro atoms. The minimum Gasteiger partial charge on any atom is -0.373 e. The van der Waals surface area contributed by atoms with E-state index in [1.54, 1.807) is 18.3 Å². The largest absolute Gasteiger partial charge is 0.373 e. The summed E-state index contributed by atoms with van der Waals surface area (Å²) < 4.78 is 19.2. The molecule has 1 atom stereocenters. The number of anilines is 1. The first kappa shape index (κ1) is 17.9. The lowest BCUT2D eigenvalue weighted by molar-refractivity contribution is -0.135. The summed E-state index contributed by atoms with van der Waals surface area (Å²) in [5.74, 6) is 0.686. The van der Waals surface area contributed by atoms with Gasteiger partial charge in [0.25, 0.3) is 0 Å². The van der Waals surface area contributed by atoms with Crippen molar-refractivity contribution in [2.24, 2.45) is 0 Å². The smallest absolute Gasteiger partial charge is 0.226 e. The number of likely N-dealkylation sites (tertiary alicyclic amines) is 1. The van der Waals surface area contributed by atoms with Crippen LogP contribution in [0, 0.1) is 5.82 Å². The van der Waals surface area contributed by atoms with Crippen molar-refractivity contribution in [1.29, 1.82) is 0 Å². The number of carbonyl (C=O) groups excluding carboxylic acids is 1. The minimum absolute atomic E-state index is 0.0950. The maximum Gasteiger partial charge on any atom is 0.226 e. The number of benzene rings is 1. The maximum absolute atomic E-state index is 13.0. The Balaban J connectivity index is 1.28. The second-order valence-electron chi connectivity index (χ2n) is 7.44. The Hall–Kier alpha value is -2.47. The molecule has 0 unspecified atom stereocenters. The summed E-state index contributed by atoms with van der Waals surface area (Å²) in [5, 5.41) is 3.44. The fraction of sp³-hybridized carbons (Fsp3) is 0.429. The van der Waals surface area contributed by atoms with E-state index >= 15 is 0 Å². The zero-order valence-corrected chi connectivity index (χ0v) is 15.2. The van der Waals surface area contributed by atoms with Crippen molar-refractivity contribution in [1.82, 2.24) is 9.88 Å². The van der Waals surface area contributed by atoms with Gasteiger partial charge in [-0.25, -0.2) is 9.37 Å². The lowest BCUT2D eigenvalue weighted by Crippen LogP contribution is -2.47. The molecule has 1 aromatic heterocycles. The lowest BCUT2D eigenvalue weighted by atomic mass is 9.87. The van der Waals surface area contributed by atoms with E-state index in [4.69, 9.17) is 4.74 Å². The second kappa shape index (κ2) is 7.64. The van der Waals surface area contributed by atoms with E-state index in [0.29, 0.717) is 26.1 Å². The number of hydrogen-bond donors (Lipinski definition) is 1. The molecule has 0 aliphatic carbocycles. The van der Waals surface area contributed by atoms with Gasteiger partial charge < -0.3 is 15.0 Å². The summed E-state index contributed by atoms with van der Waals surface area (Å²) in [6, 6.07) is 12.2. The van der Waals surface area contributed by atoms with Crippen LogP contribution in [0.15, 0.2) is 48.7 Å². The van der Waals surface area contributed by atoms with Gasteiger partial charge in [-0.1, -0.05) is 18.2 Å². The third-order valence-corrected chi connectivity index (χ3v) is 5.52. The number of carbonyl (C=O) groups is 1. The van der Waals surface area contributed by atoms with Gasteiger partial charge in [0.05, 0.1) is 24.7 Å². The first-order valence-corrected chi connectivity index (χ1v) is 9.46. The van der Waals surface area contributed by atoms with Crippen molar-refractivity contribution in [3.05, 3.63) is 60.0 Å². The van der Waals surface area contributed by atoms with Crippen molar-refractivity contribution in [3.8, 4) is 0 Å². The Kier molecular flexibility index (Phi) is 5.07. The van der Waals surface area contributed by atoms with E-state index in [2.05, 4.69) is 10.3 Å². The highest BCUT2D eigenvalue weighted by atomic mass is 19.1. The highest BCUT2D eigenvalue weighted by molar-refractivity contribution is 5.78. The molecular formula is C21H24FN3O2. The summed E-state index contributed by atoms with van der Waals surface area (Å²) in [6.07, 6.45) is 4.73. The molecule has 4 rings (SSSR count). The van der Waals surface area contributed by atoms with Crippen LogP contribution in [0.5, 0.6) is 0 Å². The zero-order chi connectivity index (χ0) is 18.7. The Bertz CT molecular complexity index is 774. The number of halogens is 1. The van der Waals surface area contributed by atoms with Crippen LogP contribution in [0.25, 0.3) is 0 Å². The molecule has 27 heavy (non-hydrogen) atoms. The summed E-state index contributed by atoms with van der Waals surface area (Å²) in [5.41, 5.74) is 0.706. The van der Waals surface area contributed by atoms with Gasteiger partial charge in [0.15, 0.2) is 0 Å². The molecule has 1 amide bonds. The molecule has 1 N–H and O–H groups in total. The average molecular weight is 369 g/mol. The summed E-state index contributed by atoms with van der Waals surface area (Å²) in [4.78, 5) is 18.7. The Labute approximate surface area is 158 Å². The molecule has 142 valence electrons. The predicted octanol–water partition coefficient (Wildman–Crippen LogP) is 3.03. The molecule has 2 aliphatic heterocycles. The highest BCUT2D eigenvalue weighted by Crippen LogP contribution is 2.36. The lowest BCUT2D eigenvalue weighted by Gasteiger charge is -2.38. The number of piperidine rings is 1. The van der Waals surface area contributed by atoms with E-state index in [0.717, 1.165) is 30.6 Å². The number of rotatable bonds is 4. The van der Waals surface area contributed by atoms with Crippen molar-refractivity contribution in [3.63, 3.8) is 0 Å². The van der Waals surface area contributed by atoms with Gasteiger partial charge >= 0.3 is 0 Å². The topological polar surface area (TPSA) is 54.5 Å². The Morgan fingerprint density at radius 1 is 1.22 bits per heavy atom. The third-order valence-electron chi connectivity index (χ3n) is 5.52. The van der Waals surface area contributed by atoms with Gasteiger partial charge in [0.1, 0.15) is 11.6 Å². The summed E-state index contributed by atoms with van der Waals surface area (Å²) >= 11 is 0. The number of hydrogen-bond acceptors (Lipinski definition) is 4. The van der Waals surface area contributed by atoms with Gasteiger partial charge in [-0.2, -0.15) is 0 Å². The summed E-state index contributed by atoms with van der Waals surface area (Å²) in [6.45, 7) is 2.08. The molecule has 2 saturated heterocycles. The van der Waals surface area contributed by atoms with Crippen molar-refractivity contribution in [2.75, 3.05) is 25.0 Å². The van der Waals surface area contributed by atoms with Crippen molar-refractivity contribution in [2.45, 2.75) is 37.3 Å². The molecule has 0 radical (unpaired) electrons. The highest BCUT2D eigenvalue weighted by Gasteiger charge is 2.43. The number of amides is 1. The SMILES string of the molecule is O=C(Cc1ccc(F)cc1)N1CCC2(CC1)C[C@H](Nc1ccccn1)CO2. The van der Waals surface area contributed by atoms with Gasteiger partial charge in [0, 0.05) is 19.3 Å².